The maximum atomic E-state index is 14.5. The topological polar surface area (TPSA) is 158 Å². The Balaban J connectivity index is 1.49. The molecule has 1 saturated carbocycles. The predicted octanol–water partition coefficient (Wildman–Crippen LogP) is 5.91. The van der Waals surface area contributed by atoms with Gasteiger partial charge in [0.2, 0.25) is 15.9 Å². The summed E-state index contributed by atoms with van der Waals surface area (Å²) in [6.45, 7) is 3.70. The third kappa shape index (κ3) is 8.71. The van der Waals surface area contributed by atoms with Gasteiger partial charge in [-0.15, -0.1) is 0 Å². The highest BCUT2D eigenvalue weighted by Crippen LogP contribution is 2.41. The van der Waals surface area contributed by atoms with E-state index in [0.717, 1.165) is 12.3 Å². The molecule has 1 fully saturated rings. The number of hydrogen-bond acceptors (Lipinski definition) is 8. The second-order valence-electron chi connectivity index (χ2n) is 14.0. The van der Waals surface area contributed by atoms with E-state index in [1.807, 2.05) is 0 Å². The van der Waals surface area contributed by atoms with E-state index in [1.165, 1.54) is 16.8 Å². The van der Waals surface area contributed by atoms with Crippen molar-refractivity contribution in [3.63, 3.8) is 0 Å². The molecule has 1 aliphatic carbocycles. The third-order valence-electron chi connectivity index (χ3n) is 9.36. The zero-order chi connectivity index (χ0) is 38.3. The van der Waals surface area contributed by atoms with Crippen LogP contribution in [0.1, 0.15) is 62.5 Å². The van der Waals surface area contributed by atoms with Crippen molar-refractivity contribution in [2.75, 3.05) is 11.0 Å². The predicted molar refractivity (Wildman–Crippen MR) is 200 cm³/mol. The molecule has 1 amide bonds. The Kier molecular flexibility index (Phi) is 10.7. The summed E-state index contributed by atoms with van der Waals surface area (Å²) < 4.78 is 84.5. The van der Waals surface area contributed by atoms with Crippen LogP contribution < -0.4 is 10.0 Å². The van der Waals surface area contributed by atoms with E-state index in [4.69, 9.17) is 16.6 Å². The van der Waals surface area contributed by atoms with Crippen LogP contribution in [0.5, 0.6) is 0 Å². The van der Waals surface area contributed by atoms with E-state index in [-0.39, 0.29) is 59.8 Å². The Labute approximate surface area is 311 Å². The summed E-state index contributed by atoms with van der Waals surface area (Å²) in [6, 6.07) is 10.8. The number of fused-ring (bicyclic) bond motifs is 1. The van der Waals surface area contributed by atoms with E-state index in [1.54, 1.807) is 68.3 Å². The van der Waals surface area contributed by atoms with Gasteiger partial charge in [-0.3, -0.25) is 23.9 Å². The van der Waals surface area contributed by atoms with Crippen LogP contribution in [-0.4, -0.2) is 63.5 Å². The van der Waals surface area contributed by atoms with Crippen molar-refractivity contribution in [3.8, 4) is 11.1 Å². The number of halogens is 3. The third-order valence-corrected chi connectivity index (χ3v) is 13.3. The average molecular weight is 788 g/mol. The van der Waals surface area contributed by atoms with Crippen LogP contribution in [0.25, 0.3) is 22.0 Å². The van der Waals surface area contributed by atoms with Gasteiger partial charge < -0.3 is 5.32 Å². The highest BCUT2D eigenvalue weighted by molar-refractivity contribution is 7.93. The van der Waals surface area contributed by atoms with Gasteiger partial charge in [0.05, 0.1) is 43.9 Å². The number of nitrogens with zero attached hydrogens (tertiary/aromatic N) is 5. The maximum Gasteiger partial charge on any atom is 0.231 e. The monoisotopic (exact) mass is 787 g/mol. The first-order chi connectivity index (χ1) is 24.9. The number of nitrogens with one attached hydrogen (secondary N) is 2. The average Bonchev–Trinajstić information content (AvgIpc) is 3.71. The van der Waals surface area contributed by atoms with Crippen molar-refractivity contribution in [1.82, 2.24) is 29.9 Å². The molecular weight excluding hydrogens is 748 g/mol. The number of benzene rings is 2. The van der Waals surface area contributed by atoms with Crippen LogP contribution in [0.3, 0.4) is 0 Å². The van der Waals surface area contributed by atoms with E-state index < -0.39 is 42.3 Å². The molecule has 0 aliphatic heterocycles. The van der Waals surface area contributed by atoms with Gasteiger partial charge in [-0.25, -0.2) is 25.6 Å². The number of hydrogen-bond donors (Lipinski definition) is 2. The molecule has 0 radical (unpaired) electrons. The molecule has 3 aromatic heterocycles. The summed E-state index contributed by atoms with van der Waals surface area (Å²) >= 11 is 6.63. The summed E-state index contributed by atoms with van der Waals surface area (Å²) in [5.41, 5.74) is 2.63. The molecule has 0 unspecified atom stereocenters. The van der Waals surface area contributed by atoms with E-state index in [0.29, 0.717) is 46.3 Å². The minimum Gasteiger partial charge on any atom is -0.347 e. The lowest BCUT2D eigenvalue weighted by Crippen LogP contribution is -2.35. The van der Waals surface area contributed by atoms with E-state index in [9.17, 15) is 30.4 Å². The normalized spacial score (nSPS) is 14.4. The number of rotatable bonds is 15. The molecule has 2 N–H and O–H groups in total. The van der Waals surface area contributed by atoms with Crippen molar-refractivity contribution >= 4 is 54.1 Å². The fourth-order valence-corrected chi connectivity index (χ4v) is 9.27. The number of sulfone groups is 1. The second kappa shape index (κ2) is 14.8. The summed E-state index contributed by atoms with van der Waals surface area (Å²) in [5.74, 6) is -1.94. The first-order valence-electron chi connectivity index (χ1n) is 17.0. The Morgan fingerprint density at radius 3 is 2.40 bits per heavy atom. The fraction of sp³-hybridized carbons (Fsp3) is 0.389. The summed E-state index contributed by atoms with van der Waals surface area (Å²) in [4.78, 5) is 18.6. The first kappa shape index (κ1) is 38.3. The lowest BCUT2D eigenvalue weighted by Gasteiger charge is -2.26. The van der Waals surface area contributed by atoms with E-state index >= 15 is 0 Å². The van der Waals surface area contributed by atoms with Gasteiger partial charge in [-0.1, -0.05) is 23.7 Å². The van der Waals surface area contributed by atoms with Crippen LogP contribution in [0, 0.1) is 11.6 Å². The van der Waals surface area contributed by atoms with Gasteiger partial charge in [0.1, 0.15) is 11.6 Å². The lowest BCUT2D eigenvalue weighted by molar-refractivity contribution is -0.122. The molecule has 3 heterocycles. The molecule has 53 heavy (non-hydrogen) atoms. The molecule has 0 spiro atoms. The molecule has 0 bridgehead atoms. The Morgan fingerprint density at radius 1 is 1.06 bits per heavy atom. The van der Waals surface area contributed by atoms with Gasteiger partial charge in [0, 0.05) is 55.3 Å². The molecule has 12 nitrogen and oxygen atoms in total. The van der Waals surface area contributed by atoms with E-state index in [2.05, 4.69) is 20.2 Å². The zero-order valence-electron chi connectivity index (χ0n) is 29.6. The molecule has 282 valence electrons. The summed E-state index contributed by atoms with van der Waals surface area (Å²) in [5, 5.41) is 11.8. The quantitative estimate of drug-likeness (QED) is 0.133. The first-order valence-corrected chi connectivity index (χ1v) is 20.8. The van der Waals surface area contributed by atoms with Gasteiger partial charge >= 0.3 is 0 Å². The molecule has 17 heteroatoms. The number of amides is 1. The zero-order valence-corrected chi connectivity index (χ0v) is 32.0. The smallest absolute Gasteiger partial charge is 0.231 e. The van der Waals surface area contributed by atoms with Crippen LogP contribution >= 0.6 is 11.6 Å². The number of pyridine rings is 1. The van der Waals surface area contributed by atoms with Crippen molar-refractivity contribution in [3.05, 3.63) is 94.5 Å². The Morgan fingerprint density at radius 2 is 1.75 bits per heavy atom. The van der Waals surface area contributed by atoms with Crippen molar-refractivity contribution in [2.45, 2.75) is 75.0 Å². The molecule has 6 rings (SSSR count). The number of aromatic nitrogens is 5. The summed E-state index contributed by atoms with van der Waals surface area (Å²) in [6.07, 6.45) is 6.15. The molecular formula is C36H40ClF2N7O5S2. The van der Waals surface area contributed by atoms with Gasteiger partial charge in [0.25, 0.3) is 0 Å². The minimum atomic E-state index is -3.74. The second-order valence-corrected chi connectivity index (χ2v) is 19.0. The highest BCUT2D eigenvalue weighted by atomic mass is 35.5. The number of sulfonamides is 1. The molecule has 2 aromatic carbocycles. The van der Waals surface area contributed by atoms with Crippen LogP contribution in [0.4, 0.5) is 14.6 Å². The van der Waals surface area contributed by atoms with Crippen molar-refractivity contribution < 1.29 is 30.4 Å². The number of carbonyl (C=O) groups excluding carboxylic acids is 1. The fourth-order valence-electron chi connectivity index (χ4n) is 6.49. The Bertz CT molecular complexity index is 2380. The summed E-state index contributed by atoms with van der Waals surface area (Å²) in [7, 11) is -5.49. The Hall–Kier alpha value is -4.41. The number of carbonyl (C=O) groups is 1. The highest BCUT2D eigenvalue weighted by Gasteiger charge is 2.45. The van der Waals surface area contributed by atoms with Gasteiger partial charge in [-0.05, 0) is 81.8 Å². The van der Waals surface area contributed by atoms with Gasteiger partial charge in [-0.2, -0.15) is 10.2 Å². The lowest BCUT2D eigenvalue weighted by atomic mass is 9.93. The SMILES string of the molecule is Cn1nc(NS(C)(=O)=O)c2c(Cl)ccc(-c3ccc(CCC(C)(C)S(=O)(=O)C4CC4)nc3[C@H](Cc3cc(F)cc(F)c3)NC(=O)CCn3cccn3)c21. The molecule has 0 saturated heterocycles. The maximum absolute atomic E-state index is 14.5. The largest absolute Gasteiger partial charge is 0.347 e. The van der Waals surface area contributed by atoms with Crippen molar-refractivity contribution in [1.29, 1.82) is 0 Å². The molecule has 5 aromatic rings. The van der Waals surface area contributed by atoms with Gasteiger partial charge in [0.15, 0.2) is 15.7 Å². The molecule has 1 aliphatic rings. The minimum absolute atomic E-state index is 0.0146. The van der Waals surface area contributed by atoms with Crippen LogP contribution in [0.15, 0.2) is 60.9 Å². The molecule has 1 atom stereocenters. The van der Waals surface area contributed by atoms with Crippen LogP contribution in [0.2, 0.25) is 5.02 Å². The number of anilines is 1. The standard InChI is InChI=1S/C36H40ClF2N7O5S2/c1-36(2,53(50,51)26-7-8-26)14-12-25-6-9-27(28-10-11-29(37)32-34(28)45(3)43-35(32)44-52(4,48)49)33(41-25)30(20-22-18-23(38)21-24(39)19-22)42-31(47)13-17-46-16-5-15-40-46/h5-6,9-11,15-16,18-19,21,26,30H,7-8,12-14,17,20H2,1-4H3,(H,42,47)(H,43,44)/t30-/m0/s1. The number of aryl methyl sites for hydroxylation is 3. The van der Waals surface area contributed by atoms with Crippen LogP contribution in [-0.2, 0) is 51.1 Å². The van der Waals surface area contributed by atoms with Crippen molar-refractivity contribution in [2.24, 2.45) is 7.05 Å².